The number of anilines is 1. The van der Waals surface area contributed by atoms with Crippen molar-refractivity contribution < 1.29 is 17.6 Å². The van der Waals surface area contributed by atoms with Gasteiger partial charge >= 0.3 is 0 Å². The van der Waals surface area contributed by atoms with E-state index in [1.54, 1.807) is 36.7 Å². The Kier molecular flexibility index (Phi) is 5.94. The molecule has 1 saturated heterocycles. The highest BCUT2D eigenvalue weighted by molar-refractivity contribution is 7.91. The van der Waals surface area contributed by atoms with Crippen LogP contribution in [-0.4, -0.2) is 48.9 Å². The van der Waals surface area contributed by atoms with E-state index >= 15 is 0 Å². The highest BCUT2D eigenvalue weighted by Crippen LogP contribution is 2.19. The Morgan fingerprint density at radius 1 is 1.00 bits per heavy atom. The van der Waals surface area contributed by atoms with Crippen LogP contribution in [0, 0.1) is 5.82 Å². The molecule has 0 unspecified atom stereocenters. The summed E-state index contributed by atoms with van der Waals surface area (Å²) in [7, 11) is -2.94. The molecule has 160 valence electrons. The molecule has 1 aromatic carbocycles. The van der Waals surface area contributed by atoms with Crippen LogP contribution < -0.4 is 10.2 Å². The number of halogens is 1. The summed E-state index contributed by atoms with van der Waals surface area (Å²) < 4.78 is 36.5. The molecule has 1 fully saturated rings. The Morgan fingerprint density at radius 2 is 1.81 bits per heavy atom. The smallest absolute Gasteiger partial charge is 0.270 e. The van der Waals surface area contributed by atoms with Crippen LogP contribution in [0.4, 0.5) is 10.2 Å². The number of hydrogen-bond donors (Lipinski definition) is 1. The molecule has 7 nitrogen and oxygen atoms in total. The molecular weight excluding hydrogens is 419 g/mol. The number of rotatable bonds is 5. The summed E-state index contributed by atoms with van der Waals surface area (Å²) in [4.78, 5) is 22.9. The molecule has 4 rings (SSSR count). The highest BCUT2D eigenvalue weighted by atomic mass is 32.2. The number of carbonyl (C=O) groups excluding carboxylic acids is 1. The van der Waals surface area contributed by atoms with E-state index in [0.29, 0.717) is 18.7 Å². The van der Waals surface area contributed by atoms with Crippen LogP contribution in [0.25, 0.3) is 11.1 Å². The number of nitrogens with one attached hydrogen (secondary N) is 1. The standard InChI is InChI=1S/C22H21FN4O3S/c23-19-3-1-2-17(12-19)18-5-6-20(24-15-18)22(28)26-14-16-4-7-21(25-13-16)27-8-10-31(29,30)11-9-27/h1-7,12-13,15H,8-11,14H2,(H,26,28). The van der Waals surface area contributed by atoms with E-state index < -0.39 is 9.84 Å². The van der Waals surface area contributed by atoms with Crippen molar-refractivity contribution in [2.75, 3.05) is 29.5 Å². The summed E-state index contributed by atoms with van der Waals surface area (Å²) in [6, 6.07) is 13.2. The van der Waals surface area contributed by atoms with Crippen LogP contribution in [0.1, 0.15) is 16.1 Å². The number of amides is 1. The molecule has 0 atom stereocenters. The normalized spacial score (nSPS) is 15.5. The minimum Gasteiger partial charge on any atom is -0.355 e. The van der Waals surface area contributed by atoms with Gasteiger partial charge < -0.3 is 10.2 Å². The Morgan fingerprint density at radius 3 is 2.45 bits per heavy atom. The second-order valence-corrected chi connectivity index (χ2v) is 9.59. The van der Waals surface area contributed by atoms with Crippen molar-refractivity contribution >= 4 is 21.6 Å². The van der Waals surface area contributed by atoms with Gasteiger partial charge in [0.1, 0.15) is 17.3 Å². The van der Waals surface area contributed by atoms with Crippen LogP contribution in [0.2, 0.25) is 0 Å². The van der Waals surface area contributed by atoms with Crippen LogP contribution in [0.3, 0.4) is 0 Å². The zero-order valence-electron chi connectivity index (χ0n) is 16.7. The summed E-state index contributed by atoms with van der Waals surface area (Å²) >= 11 is 0. The first-order chi connectivity index (χ1) is 14.9. The van der Waals surface area contributed by atoms with Gasteiger partial charge in [0.15, 0.2) is 9.84 Å². The lowest BCUT2D eigenvalue weighted by Crippen LogP contribution is -2.40. The maximum absolute atomic E-state index is 13.4. The molecule has 9 heteroatoms. The van der Waals surface area contributed by atoms with Gasteiger partial charge in [0, 0.05) is 37.6 Å². The molecule has 0 bridgehead atoms. The fourth-order valence-electron chi connectivity index (χ4n) is 3.29. The minimum absolute atomic E-state index is 0.136. The predicted molar refractivity (Wildman–Crippen MR) is 116 cm³/mol. The van der Waals surface area contributed by atoms with E-state index in [9.17, 15) is 17.6 Å². The molecule has 1 N–H and O–H groups in total. The van der Waals surface area contributed by atoms with Crippen molar-refractivity contribution in [1.29, 1.82) is 0 Å². The van der Waals surface area contributed by atoms with Crippen LogP contribution >= 0.6 is 0 Å². The lowest BCUT2D eigenvalue weighted by atomic mass is 10.1. The second-order valence-electron chi connectivity index (χ2n) is 7.29. The summed E-state index contributed by atoms with van der Waals surface area (Å²) in [6.07, 6.45) is 3.21. The quantitative estimate of drug-likeness (QED) is 0.655. The monoisotopic (exact) mass is 440 g/mol. The van der Waals surface area contributed by atoms with Crippen molar-refractivity contribution in [1.82, 2.24) is 15.3 Å². The third kappa shape index (κ3) is 5.24. The third-order valence-electron chi connectivity index (χ3n) is 5.08. The van der Waals surface area contributed by atoms with E-state index in [4.69, 9.17) is 0 Å². The van der Waals surface area contributed by atoms with Gasteiger partial charge in [0.25, 0.3) is 5.91 Å². The summed E-state index contributed by atoms with van der Waals surface area (Å²) in [5, 5.41) is 2.80. The van der Waals surface area contributed by atoms with Crippen molar-refractivity contribution in [2.24, 2.45) is 0 Å². The Bertz CT molecular complexity index is 1170. The number of aromatic nitrogens is 2. The molecule has 1 amide bonds. The third-order valence-corrected chi connectivity index (χ3v) is 6.69. The van der Waals surface area contributed by atoms with Crippen molar-refractivity contribution in [3.05, 3.63) is 78.0 Å². The van der Waals surface area contributed by atoms with E-state index in [1.165, 1.54) is 12.1 Å². The molecule has 2 aromatic heterocycles. The maximum atomic E-state index is 13.4. The first kappa shape index (κ1) is 20.9. The van der Waals surface area contributed by atoms with Gasteiger partial charge in [-0.05, 0) is 35.4 Å². The minimum atomic E-state index is -2.94. The number of hydrogen-bond acceptors (Lipinski definition) is 6. The summed E-state index contributed by atoms with van der Waals surface area (Å²) in [5.74, 6) is 0.342. The number of carbonyl (C=O) groups is 1. The van der Waals surface area contributed by atoms with Gasteiger partial charge in [-0.15, -0.1) is 0 Å². The molecule has 3 aromatic rings. The van der Waals surface area contributed by atoms with E-state index in [0.717, 1.165) is 16.9 Å². The summed E-state index contributed by atoms with van der Waals surface area (Å²) in [5.41, 5.74) is 2.50. The lowest BCUT2D eigenvalue weighted by molar-refractivity contribution is 0.0946. The SMILES string of the molecule is O=C(NCc1ccc(N2CCS(=O)(=O)CC2)nc1)c1ccc(-c2cccc(F)c2)cn1. The fraction of sp³-hybridized carbons (Fsp3) is 0.227. The van der Waals surface area contributed by atoms with Gasteiger partial charge in [0.2, 0.25) is 0 Å². The first-order valence-corrected chi connectivity index (χ1v) is 11.6. The number of sulfone groups is 1. The van der Waals surface area contributed by atoms with Gasteiger partial charge in [-0.25, -0.2) is 17.8 Å². The fourth-order valence-corrected chi connectivity index (χ4v) is 4.49. The topological polar surface area (TPSA) is 92.3 Å². The zero-order valence-corrected chi connectivity index (χ0v) is 17.5. The summed E-state index contributed by atoms with van der Waals surface area (Å²) in [6.45, 7) is 1.15. The Labute approximate surface area is 179 Å². The van der Waals surface area contributed by atoms with E-state index in [-0.39, 0.29) is 35.5 Å². The molecule has 1 aliphatic heterocycles. The van der Waals surface area contributed by atoms with Crippen molar-refractivity contribution in [3.8, 4) is 11.1 Å². The average molecular weight is 441 g/mol. The van der Waals surface area contributed by atoms with Crippen LogP contribution in [-0.2, 0) is 16.4 Å². The molecule has 0 aliphatic carbocycles. The average Bonchev–Trinajstić information content (AvgIpc) is 2.78. The molecule has 31 heavy (non-hydrogen) atoms. The first-order valence-electron chi connectivity index (χ1n) is 9.80. The Balaban J connectivity index is 1.33. The molecule has 3 heterocycles. The van der Waals surface area contributed by atoms with Crippen LogP contribution in [0.5, 0.6) is 0 Å². The zero-order chi connectivity index (χ0) is 21.8. The lowest BCUT2D eigenvalue weighted by Gasteiger charge is -2.27. The predicted octanol–water partition coefficient (Wildman–Crippen LogP) is 2.45. The molecule has 0 saturated carbocycles. The number of pyridine rings is 2. The number of benzene rings is 1. The molecule has 0 spiro atoms. The molecule has 0 radical (unpaired) electrons. The highest BCUT2D eigenvalue weighted by Gasteiger charge is 2.22. The maximum Gasteiger partial charge on any atom is 0.270 e. The van der Waals surface area contributed by atoms with Gasteiger partial charge in [-0.2, -0.15) is 0 Å². The van der Waals surface area contributed by atoms with Gasteiger partial charge in [-0.1, -0.05) is 24.3 Å². The Hall–Kier alpha value is -3.33. The second kappa shape index (κ2) is 8.81. The number of nitrogens with zero attached hydrogens (tertiary/aromatic N) is 3. The molecule has 1 aliphatic rings. The van der Waals surface area contributed by atoms with Gasteiger partial charge in [-0.3, -0.25) is 9.78 Å². The van der Waals surface area contributed by atoms with Gasteiger partial charge in [0.05, 0.1) is 11.5 Å². The van der Waals surface area contributed by atoms with Crippen molar-refractivity contribution in [3.63, 3.8) is 0 Å². The molecular formula is C22H21FN4O3S. The van der Waals surface area contributed by atoms with Crippen LogP contribution in [0.15, 0.2) is 60.9 Å². The van der Waals surface area contributed by atoms with E-state index in [1.807, 2.05) is 17.0 Å². The largest absolute Gasteiger partial charge is 0.355 e. The van der Waals surface area contributed by atoms with Crippen molar-refractivity contribution in [2.45, 2.75) is 6.54 Å². The van der Waals surface area contributed by atoms with E-state index in [2.05, 4.69) is 15.3 Å².